The summed E-state index contributed by atoms with van der Waals surface area (Å²) in [6.45, 7) is 4.62. The lowest BCUT2D eigenvalue weighted by molar-refractivity contribution is -0.141. The van der Waals surface area contributed by atoms with Crippen molar-refractivity contribution in [2.45, 2.75) is 26.7 Å². The summed E-state index contributed by atoms with van der Waals surface area (Å²) in [7, 11) is 1.31. The Morgan fingerprint density at radius 2 is 2.05 bits per heavy atom. The number of aromatic amines is 1. The first-order valence-electron chi connectivity index (χ1n) is 6.81. The van der Waals surface area contributed by atoms with Gasteiger partial charge in [0.2, 0.25) is 0 Å². The van der Waals surface area contributed by atoms with Crippen LogP contribution in [0.25, 0.3) is 0 Å². The van der Waals surface area contributed by atoms with Crippen LogP contribution in [0.2, 0.25) is 0 Å². The Bertz CT molecular complexity index is 452. The van der Waals surface area contributed by atoms with Gasteiger partial charge >= 0.3 is 5.97 Å². The molecule has 112 valence electrons. The molecule has 0 atom stereocenters. The van der Waals surface area contributed by atoms with Gasteiger partial charge in [-0.3, -0.25) is 9.59 Å². The average molecular weight is 281 g/mol. The highest BCUT2D eigenvalue weighted by Gasteiger charge is 2.22. The second kappa shape index (κ2) is 7.57. The number of nitrogen functional groups attached to an aromatic ring is 1. The van der Waals surface area contributed by atoms with Crippen LogP contribution < -0.4 is 5.73 Å². The Balaban J connectivity index is 2.85. The van der Waals surface area contributed by atoms with Gasteiger partial charge in [0.1, 0.15) is 12.2 Å². The first-order valence-corrected chi connectivity index (χ1v) is 6.81. The molecule has 0 aliphatic heterocycles. The first kappa shape index (κ1) is 16.1. The van der Waals surface area contributed by atoms with Gasteiger partial charge in [-0.15, -0.1) is 0 Å². The maximum atomic E-state index is 12.4. The fourth-order valence-electron chi connectivity index (χ4n) is 2.00. The van der Waals surface area contributed by atoms with Crippen LogP contribution in [-0.2, 0) is 9.53 Å². The molecule has 1 aromatic heterocycles. The molecule has 20 heavy (non-hydrogen) atoms. The second-order valence-corrected chi connectivity index (χ2v) is 4.79. The number of hydrogen-bond donors (Lipinski definition) is 2. The van der Waals surface area contributed by atoms with Crippen LogP contribution in [0, 0.1) is 5.92 Å². The Kier molecular flexibility index (Phi) is 6.09. The van der Waals surface area contributed by atoms with E-state index in [1.807, 2.05) is 0 Å². The highest BCUT2D eigenvalue weighted by Crippen LogP contribution is 2.14. The number of carbonyl (C=O) groups is 2. The number of rotatable bonds is 7. The summed E-state index contributed by atoms with van der Waals surface area (Å²) in [5.74, 6) is -0.307. The Labute approximate surface area is 119 Å². The molecule has 0 spiro atoms. The lowest BCUT2D eigenvalue weighted by Crippen LogP contribution is -2.39. The average Bonchev–Trinajstić information content (AvgIpc) is 2.88. The summed E-state index contributed by atoms with van der Waals surface area (Å²) in [6, 6.07) is 1.57. The molecule has 0 aliphatic carbocycles. The molecule has 6 nitrogen and oxygen atoms in total. The van der Waals surface area contributed by atoms with Crippen LogP contribution in [0.5, 0.6) is 0 Å². The van der Waals surface area contributed by atoms with Gasteiger partial charge in [0, 0.05) is 18.4 Å². The highest BCUT2D eigenvalue weighted by molar-refractivity contribution is 5.95. The Hall–Kier alpha value is -1.98. The van der Waals surface area contributed by atoms with E-state index in [1.165, 1.54) is 12.0 Å². The van der Waals surface area contributed by atoms with Gasteiger partial charge in [0.05, 0.1) is 7.11 Å². The van der Waals surface area contributed by atoms with E-state index in [0.29, 0.717) is 23.8 Å². The van der Waals surface area contributed by atoms with E-state index in [-0.39, 0.29) is 12.5 Å². The molecule has 1 amide bonds. The minimum absolute atomic E-state index is 0.0508. The Morgan fingerprint density at radius 3 is 2.50 bits per heavy atom. The summed E-state index contributed by atoms with van der Waals surface area (Å²) in [5, 5.41) is 0. The van der Waals surface area contributed by atoms with Gasteiger partial charge in [0.15, 0.2) is 0 Å². The number of ether oxygens (including phenoxy) is 1. The molecule has 0 unspecified atom stereocenters. The number of esters is 1. The fourth-order valence-corrected chi connectivity index (χ4v) is 2.00. The SMILES string of the molecule is CCC(CC)CN(CC(=O)OC)C(=O)c1cc(N)c[nH]1. The number of nitrogens with two attached hydrogens (primary N) is 1. The molecular weight excluding hydrogens is 258 g/mol. The molecule has 6 heteroatoms. The highest BCUT2D eigenvalue weighted by atomic mass is 16.5. The normalized spacial score (nSPS) is 10.6. The van der Waals surface area contributed by atoms with Gasteiger partial charge in [-0.05, 0) is 12.0 Å². The van der Waals surface area contributed by atoms with Crippen LogP contribution in [0.15, 0.2) is 12.3 Å². The largest absolute Gasteiger partial charge is 0.468 e. The van der Waals surface area contributed by atoms with Crippen molar-refractivity contribution < 1.29 is 14.3 Å². The molecule has 0 bridgehead atoms. The number of amides is 1. The summed E-state index contributed by atoms with van der Waals surface area (Å²) < 4.78 is 4.65. The summed E-state index contributed by atoms with van der Waals surface area (Å²) in [4.78, 5) is 28.2. The van der Waals surface area contributed by atoms with Crippen LogP contribution in [0.4, 0.5) is 5.69 Å². The third-order valence-corrected chi connectivity index (χ3v) is 3.40. The van der Waals surface area contributed by atoms with Crippen molar-refractivity contribution in [3.8, 4) is 0 Å². The van der Waals surface area contributed by atoms with Gasteiger partial charge in [-0.1, -0.05) is 26.7 Å². The number of hydrogen-bond acceptors (Lipinski definition) is 4. The quantitative estimate of drug-likeness (QED) is 0.744. The predicted octanol–water partition coefficient (Wildman–Crippen LogP) is 1.65. The van der Waals surface area contributed by atoms with Crippen LogP contribution in [-0.4, -0.2) is 42.0 Å². The van der Waals surface area contributed by atoms with Crippen molar-refractivity contribution in [3.63, 3.8) is 0 Å². The first-order chi connectivity index (χ1) is 9.51. The van der Waals surface area contributed by atoms with E-state index >= 15 is 0 Å². The molecule has 0 fully saturated rings. The lowest BCUT2D eigenvalue weighted by atomic mass is 10.0. The number of methoxy groups -OCH3 is 1. The van der Waals surface area contributed by atoms with Crippen molar-refractivity contribution in [2.24, 2.45) is 5.92 Å². The molecule has 0 saturated heterocycles. The number of nitrogens with one attached hydrogen (secondary N) is 1. The van der Waals surface area contributed by atoms with Crippen molar-refractivity contribution in [3.05, 3.63) is 18.0 Å². The molecule has 0 saturated carbocycles. The summed E-state index contributed by atoms with van der Waals surface area (Å²) >= 11 is 0. The van der Waals surface area contributed by atoms with Crippen LogP contribution in [0.3, 0.4) is 0 Å². The lowest BCUT2D eigenvalue weighted by Gasteiger charge is -2.25. The van der Waals surface area contributed by atoms with E-state index in [4.69, 9.17) is 5.73 Å². The van der Waals surface area contributed by atoms with Crippen molar-refractivity contribution >= 4 is 17.6 Å². The van der Waals surface area contributed by atoms with E-state index in [1.54, 1.807) is 12.3 Å². The van der Waals surface area contributed by atoms with Gasteiger partial charge in [-0.25, -0.2) is 0 Å². The van der Waals surface area contributed by atoms with E-state index in [9.17, 15) is 9.59 Å². The smallest absolute Gasteiger partial charge is 0.325 e. The molecule has 1 rings (SSSR count). The number of carbonyl (C=O) groups excluding carboxylic acids is 2. The zero-order valence-corrected chi connectivity index (χ0v) is 12.3. The third-order valence-electron chi connectivity index (χ3n) is 3.40. The molecule has 0 aliphatic rings. The number of anilines is 1. The van der Waals surface area contributed by atoms with Gasteiger partial charge in [-0.2, -0.15) is 0 Å². The standard InChI is InChI=1S/C14H23N3O3/c1-4-10(5-2)8-17(9-13(18)20-3)14(19)12-6-11(15)7-16-12/h6-7,10,16H,4-5,8-9,15H2,1-3H3. The summed E-state index contributed by atoms with van der Waals surface area (Å²) in [5.41, 5.74) is 6.48. The minimum Gasteiger partial charge on any atom is -0.468 e. The number of H-pyrrole nitrogens is 1. The second-order valence-electron chi connectivity index (χ2n) is 4.79. The van der Waals surface area contributed by atoms with E-state index in [2.05, 4.69) is 23.6 Å². The minimum atomic E-state index is -0.427. The zero-order chi connectivity index (χ0) is 15.1. The molecule has 1 aromatic rings. The molecule has 3 N–H and O–H groups in total. The third kappa shape index (κ3) is 4.29. The van der Waals surface area contributed by atoms with Gasteiger partial charge in [0.25, 0.3) is 5.91 Å². The molecular formula is C14H23N3O3. The molecule has 0 radical (unpaired) electrons. The van der Waals surface area contributed by atoms with Gasteiger partial charge < -0.3 is 20.4 Å². The van der Waals surface area contributed by atoms with Crippen molar-refractivity contribution in [2.75, 3.05) is 25.9 Å². The van der Waals surface area contributed by atoms with Crippen LogP contribution in [0.1, 0.15) is 37.2 Å². The fraction of sp³-hybridized carbons (Fsp3) is 0.571. The zero-order valence-electron chi connectivity index (χ0n) is 12.3. The van der Waals surface area contributed by atoms with E-state index in [0.717, 1.165) is 12.8 Å². The monoisotopic (exact) mass is 281 g/mol. The van der Waals surface area contributed by atoms with Crippen molar-refractivity contribution in [1.29, 1.82) is 0 Å². The molecule has 1 heterocycles. The summed E-state index contributed by atoms with van der Waals surface area (Å²) in [6.07, 6.45) is 3.46. The maximum absolute atomic E-state index is 12.4. The maximum Gasteiger partial charge on any atom is 0.325 e. The predicted molar refractivity (Wildman–Crippen MR) is 77.2 cm³/mol. The van der Waals surface area contributed by atoms with Crippen LogP contribution >= 0.6 is 0 Å². The Morgan fingerprint density at radius 1 is 1.40 bits per heavy atom. The molecule has 0 aromatic carbocycles. The topological polar surface area (TPSA) is 88.4 Å². The van der Waals surface area contributed by atoms with Crippen molar-refractivity contribution in [1.82, 2.24) is 9.88 Å². The number of nitrogens with zero attached hydrogens (tertiary/aromatic N) is 1. The number of aromatic nitrogens is 1. The van der Waals surface area contributed by atoms with E-state index < -0.39 is 5.97 Å².